The van der Waals surface area contributed by atoms with E-state index in [1.54, 1.807) is 7.11 Å². The molecule has 0 aliphatic carbocycles. The molecule has 108 valence electrons. The van der Waals surface area contributed by atoms with Crippen LogP contribution in [0.1, 0.15) is 18.4 Å². The summed E-state index contributed by atoms with van der Waals surface area (Å²) in [5.41, 5.74) is 1.34. The van der Waals surface area contributed by atoms with Gasteiger partial charge in [0.05, 0.1) is 7.11 Å². The molecular formula is C17H23NOS. The minimum absolute atomic E-state index is 0.920. The van der Waals surface area contributed by atoms with Crippen molar-refractivity contribution in [2.75, 3.05) is 25.7 Å². The van der Waals surface area contributed by atoms with Gasteiger partial charge in [-0.05, 0) is 48.4 Å². The third-order valence-corrected chi connectivity index (χ3v) is 4.16. The third kappa shape index (κ3) is 3.90. The normalized spacial score (nSPS) is 10.9. The third-order valence-electron chi connectivity index (χ3n) is 3.46. The van der Waals surface area contributed by atoms with Gasteiger partial charge in [0.2, 0.25) is 0 Å². The summed E-state index contributed by atoms with van der Waals surface area (Å²) >= 11 is 1.92. The number of rotatable bonds is 8. The number of ether oxygens (including phenoxy) is 1. The Labute approximate surface area is 125 Å². The van der Waals surface area contributed by atoms with Gasteiger partial charge in [0.1, 0.15) is 5.75 Å². The Bertz CT molecular complexity index is 542. The number of thioether (sulfide) groups is 1. The van der Waals surface area contributed by atoms with Crippen LogP contribution in [0.4, 0.5) is 0 Å². The molecule has 0 radical (unpaired) electrons. The number of fused-ring (bicyclic) bond motifs is 1. The summed E-state index contributed by atoms with van der Waals surface area (Å²) in [6.45, 7) is 2.00. The topological polar surface area (TPSA) is 21.3 Å². The lowest BCUT2D eigenvalue weighted by molar-refractivity contribution is 0.419. The zero-order valence-corrected chi connectivity index (χ0v) is 13.1. The van der Waals surface area contributed by atoms with E-state index in [9.17, 15) is 0 Å². The zero-order valence-electron chi connectivity index (χ0n) is 12.3. The van der Waals surface area contributed by atoms with Crippen LogP contribution in [0.5, 0.6) is 5.75 Å². The number of unbranched alkanes of at least 4 members (excludes halogenated alkanes) is 1. The Morgan fingerprint density at radius 2 is 1.85 bits per heavy atom. The highest BCUT2D eigenvalue weighted by atomic mass is 32.2. The van der Waals surface area contributed by atoms with Crippen molar-refractivity contribution in [1.29, 1.82) is 0 Å². The molecule has 20 heavy (non-hydrogen) atoms. The van der Waals surface area contributed by atoms with Crippen LogP contribution in [0.2, 0.25) is 0 Å². The Morgan fingerprint density at radius 3 is 2.60 bits per heavy atom. The SMILES string of the molecule is COc1ccc(CNCCCCSC)c2ccccc12. The van der Waals surface area contributed by atoms with Gasteiger partial charge >= 0.3 is 0 Å². The van der Waals surface area contributed by atoms with E-state index >= 15 is 0 Å². The molecule has 0 aliphatic heterocycles. The van der Waals surface area contributed by atoms with Gasteiger partial charge in [-0.3, -0.25) is 0 Å². The summed E-state index contributed by atoms with van der Waals surface area (Å²) in [5.74, 6) is 2.21. The molecule has 0 saturated carbocycles. The lowest BCUT2D eigenvalue weighted by Crippen LogP contribution is -2.15. The van der Waals surface area contributed by atoms with Gasteiger partial charge in [-0.25, -0.2) is 0 Å². The van der Waals surface area contributed by atoms with Crippen molar-refractivity contribution in [3.63, 3.8) is 0 Å². The van der Waals surface area contributed by atoms with Gasteiger partial charge in [0.15, 0.2) is 0 Å². The monoisotopic (exact) mass is 289 g/mol. The summed E-state index contributed by atoms with van der Waals surface area (Å²) in [7, 11) is 1.73. The summed E-state index contributed by atoms with van der Waals surface area (Å²) in [6, 6.07) is 12.7. The van der Waals surface area contributed by atoms with Gasteiger partial charge in [-0.1, -0.05) is 30.3 Å². The minimum atomic E-state index is 0.920. The van der Waals surface area contributed by atoms with Gasteiger partial charge in [-0.2, -0.15) is 11.8 Å². The van der Waals surface area contributed by atoms with E-state index in [4.69, 9.17) is 4.74 Å². The lowest BCUT2D eigenvalue weighted by Gasteiger charge is -2.11. The number of nitrogens with one attached hydrogen (secondary N) is 1. The molecule has 3 heteroatoms. The molecule has 0 aliphatic rings. The molecule has 0 spiro atoms. The first kappa shape index (κ1) is 15.2. The van der Waals surface area contributed by atoms with Crippen LogP contribution in [0.15, 0.2) is 36.4 Å². The summed E-state index contributed by atoms with van der Waals surface area (Å²) in [4.78, 5) is 0. The van der Waals surface area contributed by atoms with Crippen LogP contribution >= 0.6 is 11.8 Å². The molecule has 0 fully saturated rings. The van der Waals surface area contributed by atoms with E-state index in [-0.39, 0.29) is 0 Å². The number of benzene rings is 2. The Balaban J connectivity index is 2.00. The molecule has 2 aromatic rings. The molecule has 1 N–H and O–H groups in total. The molecule has 0 heterocycles. The van der Waals surface area contributed by atoms with Crippen molar-refractivity contribution in [2.45, 2.75) is 19.4 Å². The molecule has 2 nitrogen and oxygen atoms in total. The molecule has 2 rings (SSSR count). The molecule has 0 atom stereocenters. The van der Waals surface area contributed by atoms with Crippen molar-refractivity contribution in [3.8, 4) is 5.75 Å². The van der Waals surface area contributed by atoms with E-state index in [1.165, 1.54) is 34.9 Å². The molecule has 2 aromatic carbocycles. The predicted octanol–water partition coefficient (Wildman–Crippen LogP) is 4.08. The number of hydrogen-bond donors (Lipinski definition) is 1. The molecule has 0 unspecified atom stereocenters. The lowest BCUT2D eigenvalue weighted by atomic mass is 10.0. The largest absolute Gasteiger partial charge is 0.496 e. The first-order valence-corrected chi connectivity index (χ1v) is 8.50. The van der Waals surface area contributed by atoms with Crippen LogP contribution in [0.25, 0.3) is 10.8 Å². The van der Waals surface area contributed by atoms with Crippen molar-refractivity contribution in [1.82, 2.24) is 5.32 Å². The summed E-state index contributed by atoms with van der Waals surface area (Å²) in [5, 5.41) is 6.01. The van der Waals surface area contributed by atoms with E-state index < -0.39 is 0 Å². The van der Waals surface area contributed by atoms with Crippen molar-refractivity contribution >= 4 is 22.5 Å². The van der Waals surface area contributed by atoms with Gasteiger partial charge in [-0.15, -0.1) is 0 Å². The second-order valence-corrected chi connectivity index (χ2v) is 5.83. The van der Waals surface area contributed by atoms with Crippen LogP contribution in [0, 0.1) is 0 Å². The fourth-order valence-corrected chi connectivity index (χ4v) is 2.88. The summed E-state index contributed by atoms with van der Waals surface area (Å²) in [6.07, 6.45) is 4.70. The van der Waals surface area contributed by atoms with E-state index in [0.717, 1.165) is 18.8 Å². The molecule has 0 saturated heterocycles. The first-order chi connectivity index (χ1) is 9.86. The van der Waals surface area contributed by atoms with Crippen LogP contribution in [-0.2, 0) is 6.54 Å². The number of methoxy groups -OCH3 is 1. The molecule has 0 bridgehead atoms. The first-order valence-electron chi connectivity index (χ1n) is 7.11. The highest BCUT2D eigenvalue weighted by Gasteiger charge is 2.05. The minimum Gasteiger partial charge on any atom is -0.496 e. The quantitative estimate of drug-likeness (QED) is 0.740. The molecule has 0 amide bonds. The van der Waals surface area contributed by atoms with Crippen molar-refractivity contribution < 1.29 is 4.74 Å². The fraction of sp³-hybridized carbons (Fsp3) is 0.412. The van der Waals surface area contributed by atoms with Gasteiger partial charge < -0.3 is 10.1 Å². The maximum atomic E-state index is 5.43. The maximum absolute atomic E-state index is 5.43. The fourth-order valence-electron chi connectivity index (χ4n) is 2.39. The average Bonchev–Trinajstić information content (AvgIpc) is 2.50. The average molecular weight is 289 g/mol. The molecular weight excluding hydrogens is 266 g/mol. The zero-order chi connectivity index (χ0) is 14.2. The van der Waals surface area contributed by atoms with Crippen LogP contribution < -0.4 is 10.1 Å². The Morgan fingerprint density at radius 1 is 1.05 bits per heavy atom. The highest BCUT2D eigenvalue weighted by molar-refractivity contribution is 7.98. The Hall–Kier alpha value is -1.19. The van der Waals surface area contributed by atoms with E-state index in [1.807, 2.05) is 11.8 Å². The van der Waals surface area contributed by atoms with Gasteiger partial charge in [0, 0.05) is 11.9 Å². The smallest absolute Gasteiger partial charge is 0.126 e. The second-order valence-electron chi connectivity index (χ2n) is 4.85. The summed E-state index contributed by atoms with van der Waals surface area (Å²) < 4.78 is 5.43. The van der Waals surface area contributed by atoms with Crippen molar-refractivity contribution in [2.24, 2.45) is 0 Å². The van der Waals surface area contributed by atoms with Gasteiger partial charge in [0.25, 0.3) is 0 Å². The predicted molar refractivity (Wildman–Crippen MR) is 89.8 cm³/mol. The standard InChI is InChI=1S/C17H23NOS/c1-19-17-10-9-14(13-18-11-5-6-12-20-2)15-7-3-4-8-16(15)17/h3-4,7-10,18H,5-6,11-13H2,1-2H3. The van der Waals surface area contributed by atoms with E-state index in [0.29, 0.717) is 0 Å². The van der Waals surface area contributed by atoms with E-state index in [2.05, 4.69) is 48.0 Å². The van der Waals surface area contributed by atoms with Crippen LogP contribution in [0.3, 0.4) is 0 Å². The maximum Gasteiger partial charge on any atom is 0.126 e. The van der Waals surface area contributed by atoms with Crippen LogP contribution in [-0.4, -0.2) is 25.7 Å². The molecule has 0 aromatic heterocycles. The Kier molecular flexibility index (Phi) is 6.22. The second kappa shape index (κ2) is 8.18. The highest BCUT2D eigenvalue weighted by Crippen LogP contribution is 2.28. The number of hydrogen-bond acceptors (Lipinski definition) is 3. The van der Waals surface area contributed by atoms with Crippen molar-refractivity contribution in [3.05, 3.63) is 42.0 Å².